The molecule has 3 N–H and O–H groups in total. The van der Waals surface area contributed by atoms with Gasteiger partial charge in [0.25, 0.3) is 0 Å². The first-order valence-corrected chi connectivity index (χ1v) is 6.46. The third-order valence-corrected chi connectivity index (χ3v) is 4.09. The summed E-state index contributed by atoms with van der Waals surface area (Å²) in [5.74, 6) is -0.726. The number of nitrogens with two attached hydrogens (primary N) is 1. The molecule has 1 atom stereocenters. The van der Waals surface area contributed by atoms with E-state index < -0.39 is 5.97 Å². The largest absolute Gasteiger partial charge is 0.481 e. The first-order chi connectivity index (χ1) is 7.48. The van der Waals surface area contributed by atoms with Crippen molar-refractivity contribution in [1.29, 1.82) is 0 Å². The van der Waals surface area contributed by atoms with Gasteiger partial charge in [0.15, 0.2) is 0 Å². The summed E-state index contributed by atoms with van der Waals surface area (Å²) in [7, 11) is 0. The van der Waals surface area contributed by atoms with Crippen molar-refractivity contribution in [3.8, 4) is 0 Å². The van der Waals surface area contributed by atoms with E-state index in [-0.39, 0.29) is 28.7 Å². The Morgan fingerprint density at radius 2 is 1.59 bits per heavy atom. The maximum atomic E-state index is 11.1. The van der Waals surface area contributed by atoms with Crippen molar-refractivity contribution in [3.63, 3.8) is 0 Å². The standard InChI is InChI=1S/C14H27NO2/c1-10(15)14(6-11(16)17)8-12(2,3)7-13(4,5)9-14/h10H,6-9,15H2,1-5H3,(H,16,17). The number of hydrogen-bond donors (Lipinski definition) is 2. The van der Waals surface area contributed by atoms with Crippen molar-refractivity contribution in [3.05, 3.63) is 0 Å². The molecule has 0 aromatic carbocycles. The highest BCUT2D eigenvalue weighted by Gasteiger charge is 2.50. The molecule has 0 bridgehead atoms. The lowest BCUT2D eigenvalue weighted by molar-refractivity contribution is -0.143. The second kappa shape index (κ2) is 4.27. The first kappa shape index (κ1) is 14.5. The Morgan fingerprint density at radius 1 is 1.18 bits per heavy atom. The fourth-order valence-corrected chi connectivity index (χ4v) is 4.30. The molecule has 1 saturated carbocycles. The zero-order valence-corrected chi connectivity index (χ0v) is 11.8. The van der Waals surface area contributed by atoms with Gasteiger partial charge in [-0.25, -0.2) is 0 Å². The highest BCUT2D eigenvalue weighted by Crippen LogP contribution is 2.56. The average molecular weight is 241 g/mol. The van der Waals surface area contributed by atoms with Gasteiger partial charge in [0.2, 0.25) is 0 Å². The molecule has 1 aliphatic carbocycles. The first-order valence-electron chi connectivity index (χ1n) is 6.46. The lowest BCUT2D eigenvalue weighted by atomic mass is 9.52. The summed E-state index contributed by atoms with van der Waals surface area (Å²) < 4.78 is 0. The third-order valence-electron chi connectivity index (χ3n) is 4.09. The Balaban J connectivity index is 3.08. The summed E-state index contributed by atoms with van der Waals surface area (Å²) >= 11 is 0. The fourth-order valence-electron chi connectivity index (χ4n) is 4.30. The van der Waals surface area contributed by atoms with Crippen molar-refractivity contribution >= 4 is 5.97 Å². The maximum Gasteiger partial charge on any atom is 0.303 e. The van der Waals surface area contributed by atoms with Crippen LogP contribution in [0.25, 0.3) is 0 Å². The molecule has 0 aromatic rings. The lowest BCUT2D eigenvalue weighted by Gasteiger charge is -2.53. The average Bonchev–Trinajstić information content (AvgIpc) is 1.94. The molecular formula is C14H27NO2. The monoisotopic (exact) mass is 241 g/mol. The third kappa shape index (κ3) is 3.44. The molecule has 3 nitrogen and oxygen atoms in total. The minimum atomic E-state index is -0.726. The van der Waals surface area contributed by atoms with Gasteiger partial charge in [-0.2, -0.15) is 0 Å². The molecule has 0 heterocycles. The molecule has 3 heteroatoms. The van der Waals surface area contributed by atoms with Gasteiger partial charge < -0.3 is 10.8 Å². The van der Waals surface area contributed by atoms with Gasteiger partial charge in [-0.15, -0.1) is 0 Å². The molecule has 1 fully saturated rings. The van der Waals surface area contributed by atoms with Crippen LogP contribution < -0.4 is 5.73 Å². The van der Waals surface area contributed by atoms with Crippen LogP contribution in [0.1, 0.15) is 60.3 Å². The van der Waals surface area contributed by atoms with Crippen LogP contribution in [0.4, 0.5) is 0 Å². The number of aliphatic carboxylic acids is 1. The van der Waals surface area contributed by atoms with Crippen LogP contribution in [-0.4, -0.2) is 17.1 Å². The topological polar surface area (TPSA) is 63.3 Å². The fraction of sp³-hybridized carbons (Fsp3) is 0.929. The van der Waals surface area contributed by atoms with E-state index in [0.29, 0.717) is 0 Å². The highest BCUT2D eigenvalue weighted by atomic mass is 16.4. The van der Waals surface area contributed by atoms with E-state index in [4.69, 9.17) is 10.8 Å². The minimum Gasteiger partial charge on any atom is -0.481 e. The van der Waals surface area contributed by atoms with Gasteiger partial charge in [-0.05, 0) is 42.4 Å². The van der Waals surface area contributed by atoms with E-state index in [0.717, 1.165) is 19.3 Å². The Labute approximate surface area is 105 Å². The Hall–Kier alpha value is -0.570. The van der Waals surface area contributed by atoms with Crippen molar-refractivity contribution in [2.75, 3.05) is 0 Å². The normalized spacial score (nSPS) is 27.4. The summed E-state index contributed by atoms with van der Waals surface area (Å²) in [5.41, 5.74) is 6.22. The van der Waals surface area contributed by atoms with E-state index in [1.165, 1.54) is 0 Å². The zero-order chi connectivity index (χ0) is 13.5. The van der Waals surface area contributed by atoms with Gasteiger partial charge in [0.05, 0.1) is 6.42 Å². The number of carboxylic acid groups (broad SMARTS) is 1. The molecule has 17 heavy (non-hydrogen) atoms. The van der Waals surface area contributed by atoms with E-state index in [2.05, 4.69) is 27.7 Å². The summed E-state index contributed by atoms with van der Waals surface area (Å²) in [6.45, 7) is 10.9. The van der Waals surface area contributed by atoms with Gasteiger partial charge in [0, 0.05) is 6.04 Å². The predicted octanol–water partition coefficient (Wildman–Crippen LogP) is 3.03. The quantitative estimate of drug-likeness (QED) is 0.798. The SMILES string of the molecule is CC(N)C1(CC(=O)O)CC(C)(C)CC(C)(C)C1. The second-order valence-electron chi connectivity index (χ2n) is 7.58. The van der Waals surface area contributed by atoms with Crippen LogP contribution in [-0.2, 0) is 4.79 Å². The van der Waals surface area contributed by atoms with Crippen molar-refractivity contribution < 1.29 is 9.90 Å². The molecular weight excluding hydrogens is 214 g/mol. The van der Waals surface area contributed by atoms with Gasteiger partial charge >= 0.3 is 5.97 Å². The van der Waals surface area contributed by atoms with Crippen LogP contribution in [0.2, 0.25) is 0 Å². The van der Waals surface area contributed by atoms with Crippen molar-refractivity contribution in [2.45, 2.75) is 66.3 Å². The number of hydrogen-bond acceptors (Lipinski definition) is 2. The summed E-state index contributed by atoms with van der Waals surface area (Å²) in [5, 5.41) is 9.16. The summed E-state index contributed by atoms with van der Waals surface area (Å²) in [4.78, 5) is 11.1. The molecule has 0 aromatic heterocycles. The highest BCUT2D eigenvalue weighted by molar-refractivity contribution is 5.68. The van der Waals surface area contributed by atoms with Crippen LogP contribution in [0.3, 0.4) is 0 Å². The molecule has 1 aliphatic rings. The Bertz CT molecular complexity index is 289. The molecule has 1 unspecified atom stereocenters. The molecule has 0 spiro atoms. The minimum absolute atomic E-state index is 0.0718. The van der Waals surface area contributed by atoms with E-state index in [1.54, 1.807) is 0 Å². The van der Waals surface area contributed by atoms with Crippen LogP contribution in [0, 0.1) is 16.2 Å². The maximum absolute atomic E-state index is 11.1. The molecule has 0 amide bonds. The summed E-state index contributed by atoms with van der Waals surface area (Å²) in [6, 6.07) is -0.0718. The zero-order valence-electron chi connectivity index (χ0n) is 11.8. The van der Waals surface area contributed by atoms with Gasteiger partial charge in [-0.1, -0.05) is 27.7 Å². The smallest absolute Gasteiger partial charge is 0.303 e. The van der Waals surface area contributed by atoms with Crippen LogP contribution in [0.5, 0.6) is 0 Å². The second-order valence-corrected chi connectivity index (χ2v) is 7.58. The lowest BCUT2D eigenvalue weighted by Crippen LogP contribution is -2.51. The van der Waals surface area contributed by atoms with Crippen molar-refractivity contribution in [2.24, 2.45) is 22.0 Å². The van der Waals surface area contributed by atoms with Gasteiger partial charge in [-0.3, -0.25) is 4.79 Å². The molecule has 0 aliphatic heterocycles. The molecule has 0 saturated heterocycles. The Kier molecular flexibility index (Phi) is 3.64. The predicted molar refractivity (Wildman–Crippen MR) is 69.7 cm³/mol. The number of rotatable bonds is 3. The van der Waals surface area contributed by atoms with Crippen LogP contribution >= 0.6 is 0 Å². The number of carbonyl (C=O) groups is 1. The van der Waals surface area contributed by atoms with E-state index in [9.17, 15) is 4.79 Å². The summed E-state index contributed by atoms with van der Waals surface area (Å²) in [6.07, 6.45) is 3.15. The number of carboxylic acids is 1. The molecule has 100 valence electrons. The van der Waals surface area contributed by atoms with Crippen molar-refractivity contribution in [1.82, 2.24) is 0 Å². The van der Waals surface area contributed by atoms with Gasteiger partial charge in [0.1, 0.15) is 0 Å². The van der Waals surface area contributed by atoms with Crippen LogP contribution in [0.15, 0.2) is 0 Å². The molecule has 0 radical (unpaired) electrons. The molecule has 1 rings (SSSR count). The van der Waals surface area contributed by atoms with E-state index >= 15 is 0 Å². The van der Waals surface area contributed by atoms with E-state index in [1.807, 2.05) is 6.92 Å². The Morgan fingerprint density at radius 3 is 1.88 bits per heavy atom.